The van der Waals surface area contributed by atoms with Gasteiger partial charge in [-0.2, -0.15) is 0 Å². The third kappa shape index (κ3) is 5.12. The molecule has 1 aliphatic heterocycles. The molecule has 0 amide bonds. The molecule has 0 unspecified atom stereocenters. The molecule has 11 nitrogen and oxygen atoms in total. The molecule has 1 aliphatic rings. The Balaban J connectivity index is 1.54. The van der Waals surface area contributed by atoms with Crippen molar-refractivity contribution < 1.29 is 18.1 Å². The fraction of sp³-hybridized carbons (Fsp3) is 0.375. The fourth-order valence-corrected chi connectivity index (χ4v) is 3.70. The Labute approximate surface area is 161 Å². The Morgan fingerprint density at radius 3 is 2.71 bits per heavy atom. The first kappa shape index (κ1) is 19.9. The molecule has 28 heavy (non-hydrogen) atoms. The number of hydrogen-bond donors (Lipinski definition) is 2. The zero-order valence-corrected chi connectivity index (χ0v) is 15.8. The van der Waals surface area contributed by atoms with Gasteiger partial charge in [-0.15, -0.1) is 0 Å². The predicted molar refractivity (Wildman–Crippen MR) is 102 cm³/mol. The number of sulfonamides is 1. The number of benzene rings is 1. The van der Waals surface area contributed by atoms with Gasteiger partial charge in [-0.1, -0.05) is 6.07 Å². The molecule has 1 fully saturated rings. The number of nitrogens with zero attached hydrogens (tertiary/aromatic N) is 4. The molecule has 0 spiro atoms. The van der Waals surface area contributed by atoms with Gasteiger partial charge >= 0.3 is 0 Å². The predicted octanol–water partition coefficient (Wildman–Crippen LogP) is 0.612. The summed E-state index contributed by atoms with van der Waals surface area (Å²) >= 11 is 0. The second-order valence-electron chi connectivity index (χ2n) is 5.94. The molecule has 1 saturated heterocycles. The summed E-state index contributed by atoms with van der Waals surface area (Å²) in [6.45, 7) is 3.16. The van der Waals surface area contributed by atoms with Crippen LogP contribution in [0.3, 0.4) is 0 Å². The van der Waals surface area contributed by atoms with E-state index >= 15 is 0 Å². The second-order valence-corrected chi connectivity index (χ2v) is 7.71. The van der Waals surface area contributed by atoms with Crippen molar-refractivity contribution in [3.05, 3.63) is 46.8 Å². The van der Waals surface area contributed by atoms with E-state index in [0.717, 1.165) is 25.0 Å². The average molecular weight is 408 g/mol. The number of aromatic nitrogens is 2. The molecule has 0 aliphatic carbocycles. The van der Waals surface area contributed by atoms with E-state index in [1.165, 1.54) is 24.5 Å². The summed E-state index contributed by atoms with van der Waals surface area (Å²) < 4.78 is 32.3. The smallest absolute Gasteiger partial charge is 0.270 e. The topological polar surface area (TPSA) is 140 Å². The van der Waals surface area contributed by atoms with Crippen molar-refractivity contribution in [2.45, 2.75) is 4.90 Å². The van der Waals surface area contributed by atoms with Gasteiger partial charge in [0.2, 0.25) is 10.0 Å². The number of anilines is 2. The van der Waals surface area contributed by atoms with Gasteiger partial charge < -0.3 is 15.0 Å². The summed E-state index contributed by atoms with van der Waals surface area (Å²) in [6, 6.07) is 6.69. The number of nitro benzene ring substituents is 1. The normalized spacial score (nSPS) is 14.6. The molecule has 2 N–H and O–H groups in total. The summed E-state index contributed by atoms with van der Waals surface area (Å²) in [5.41, 5.74) is -0.280. The van der Waals surface area contributed by atoms with Crippen molar-refractivity contribution in [2.75, 3.05) is 49.6 Å². The van der Waals surface area contributed by atoms with Gasteiger partial charge in [-0.05, 0) is 6.07 Å². The van der Waals surface area contributed by atoms with Gasteiger partial charge in [0.15, 0.2) is 0 Å². The van der Waals surface area contributed by atoms with Crippen LogP contribution in [-0.2, 0) is 14.8 Å². The third-order valence-electron chi connectivity index (χ3n) is 4.05. The highest BCUT2D eigenvalue weighted by atomic mass is 32.2. The Kier molecular flexibility index (Phi) is 6.34. The minimum Gasteiger partial charge on any atom is -0.378 e. The molecule has 150 valence electrons. The number of morpholine rings is 1. The molecular formula is C16H20N6O5S. The number of hydrogen-bond acceptors (Lipinski definition) is 9. The molecule has 1 aromatic carbocycles. The first-order valence-electron chi connectivity index (χ1n) is 8.58. The van der Waals surface area contributed by atoms with Crippen molar-refractivity contribution in [2.24, 2.45) is 0 Å². The van der Waals surface area contributed by atoms with Crippen LogP contribution >= 0.6 is 0 Å². The molecule has 2 aromatic rings. The van der Waals surface area contributed by atoms with Gasteiger partial charge in [-0.3, -0.25) is 10.1 Å². The quantitative estimate of drug-likeness (QED) is 0.365. The molecule has 0 radical (unpaired) electrons. The van der Waals surface area contributed by atoms with Crippen LogP contribution in [0.4, 0.5) is 17.3 Å². The Bertz CT molecular complexity index is 933. The van der Waals surface area contributed by atoms with Gasteiger partial charge in [0, 0.05) is 44.4 Å². The monoisotopic (exact) mass is 408 g/mol. The maximum Gasteiger partial charge on any atom is 0.270 e. The molecule has 3 rings (SSSR count). The lowest BCUT2D eigenvalue weighted by molar-refractivity contribution is -0.385. The largest absolute Gasteiger partial charge is 0.378 e. The number of ether oxygens (including phenoxy) is 1. The van der Waals surface area contributed by atoms with E-state index in [1.54, 1.807) is 6.07 Å². The third-order valence-corrected chi connectivity index (χ3v) is 5.51. The van der Waals surface area contributed by atoms with E-state index in [-0.39, 0.29) is 23.7 Å². The van der Waals surface area contributed by atoms with Crippen LogP contribution in [0.5, 0.6) is 0 Å². The van der Waals surface area contributed by atoms with E-state index in [0.29, 0.717) is 19.0 Å². The van der Waals surface area contributed by atoms with Crippen molar-refractivity contribution in [3.63, 3.8) is 0 Å². The zero-order valence-electron chi connectivity index (χ0n) is 14.9. The highest BCUT2D eigenvalue weighted by molar-refractivity contribution is 7.89. The lowest BCUT2D eigenvalue weighted by Crippen LogP contribution is -2.36. The minimum atomic E-state index is -3.85. The average Bonchev–Trinajstić information content (AvgIpc) is 2.72. The van der Waals surface area contributed by atoms with Gasteiger partial charge in [0.1, 0.15) is 18.0 Å². The summed E-state index contributed by atoms with van der Waals surface area (Å²) in [4.78, 5) is 20.5. The molecule has 12 heteroatoms. The second kappa shape index (κ2) is 8.91. The summed E-state index contributed by atoms with van der Waals surface area (Å²) in [6.07, 6.45) is 1.44. The lowest BCUT2D eigenvalue weighted by Gasteiger charge is -2.27. The van der Waals surface area contributed by atoms with Crippen LogP contribution in [-0.4, -0.2) is 62.7 Å². The SMILES string of the molecule is O=[N+]([O-])c1cccc(S(=O)(=O)NCCNc2cc(N3CCOCC3)ncn2)c1. The van der Waals surface area contributed by atoms with Crippen molar-refractivity contribution in [3.8, 4) is 0 Å². The first-order valence-corrected chi connectivity index (χ1v) is 10.1. The Hall–Kier alpha value is -2.83. The van der Waals surface area contributed by atoms with Gasteiger partial charge in [0.05, 0.1) is 23.0 Å². The van der Waals surface area contributed by atoms with Crippen LogP contribution < -0.4 is 14.9 Å². The van der Waals surface area contributed by atoms with Crippen molar-refractivity contribution in [1.29, 1.82) is 0 Å². The summed E-state index contributed by atoms with van der Waals surface area (Å²) in [7, 11) is -3.85. The first-order chi connectivity index (χ1) is 13.5. The van der Waals surface area contributed by atoms with E-state index in [4.69, 9.17) is 4.74 Å². The van der Waals surface area contributed by atoms with Gasteiger partial charge in [-0.25, -0.2) is 23.1 Å². The minimum absolute atomic E-state index is 0.0852. The standard InChI is InChI=1S/C16H20N6O5S/c23-22(24)13-2-1-3-14(10-13)28(25,26)20-5-4-17-15-11-16(19-12-18-15)21-6-8-27-9-7-21/h1-3,10-12,20H,4-9H2,(H,17,18,19). The zero-order chi connectivity index (χ0) is 20.0. The lowest BCUT2D eigenvalue weighted by atomic mass is 10.3. The van der Waals surface area contributed by atoms with Crippen LogP contribution in [0.2, 0.25) is 0 Å². The number of nitro groups is 1. The van der Waals surface area contributed by atoms with E-state index < -0.39 is 14.9 Å². The summed E-state index contributed by atoms with van der Waals surface area (Å²) in [5.74, 6) is 1.35. The van der Waals surface area contributed by atoms with Crippen molar-refractivity contribution in [1.82, 2.24) is 14.7 Å². The molecule has 0 saturated carbocycles. The van der Waals surface area contributed by atoms with Gasteiger partial charge in [0.25, 0.3) is 5.69 Å². The highest BCUT2D eigenvalue weighted by Crippen LogP contribution is 2.17. The maximum atomic E-state index is 12.3. The Morgan fingerprint density at radius 1 is 1.18 bits per heavy atom. The van der Waals surface area contributed by atoms with E-state index in [1.807, 2.05) is 0 Å². The molecular weight excluding hydrogens is 388 g/mol. The van der Waals surface area contributed by atoms with Crippen LogP contribution in [0.1, 0.15) is 0 Å². The summed E-state index contributed by atoms with van der Waals surface area (Å²) in [5, 5.41) is 13.8. The van der Waals surface area contributed by atoms with Crippen molar-refractivity contribution >= 4 is 27.3 Å². The Morgan fingerprint density at radius 2 is 1.96 bits per heavy atom. The number of non-ortho nitro benzene ring substituents is 1. The van der Waals surface area contributed by atoms with E-state index in [2.05, 4.69) is 24.9 Å². The molecule has 2 heterocycles. The molecule has 0 atom stereocenters. The van der Waals surface area contributed by atoms with Crippen LogP contribution in [0.15, 0.2) is 41.6 Å². The molecule has 1 aromatic heterocycles. The fourth-order valence-electron chi connectivity index (χ4n) is 2.63. The van der Waals surface area contributed by atoms with Crippen LogP contribution in [0.25, 0.3) is 0 Å². The number of rotatable bonds is 8. The van der Waals surface area contributed by atoms with E-state index in [9.17, 15) is 18.5 Å². The van der Waals surface area contributed by atoms with Crippen LogP contribution in [0, 0.1) is 10.1 Å². The number of nitrogens with one attached hydrogen (secondary N) is 2. The molecule has 0 bridgehead atoms. The maximum absolute atomic E-state index is 12.3. The highest BCUT2D eigenvalue weighted by Gasteiger charge is 2.17.